The molecule has 0 aromatic rings. The van der Waals surface area contributed by atoms with Gasteiger partial charge in [0.1, 0.15) is 0 Å². The van der Waals surface area contributed by atoms with Crippen LogP contribution in [-0.2, 0) is 0 Å². The predicted octanol–water partition coefficient (Wildman–Crippen LogP) is 1.25. The van der Waals surface area contributed by atoms with E-state index in [9.17, 15) is 0 Å². The lowest BCUT2D eigenvalue weighted by Crippen LogP contribution is -1.88. The summed E-state index contributed by atoms with van der Waals surface area (Å²) in [7, 11) is 1.00. The van der Waals surface area contributed by atoms with Crippen molar-refractivity contribution in [3.8, 4) is 6.07 Å². The Bertz CT molecular complexity index is 153. The Hall–Kier alpha value is -1.07. The second kappa shape index (κ2) is 6.06. The molecule has 0 aliphatic heterocycles. The molecule has 0 bridgehead atoms. The zero-order chi connectivity index (χ0) is 7.82. The largest absolute Gasteiger partial charge is 0.400 e. The number of allylic oxidation sites excluding steroid dienone is 4. The molecule has 0 radical (unpaired) electrons. The maximum absolute atomic E-state index is 8.34. The van der Waals surface area contributed by atoms with Crippen LogP contribution in [0.25, 0.3) is 0 Å². The fourth-order valence-corrected chi connectivity index (χ4v) is 0.679. The van der Waals surface area contributed by atoms with Crippen LogP contribution in [0.1, 0.15) is 6.42 Å². The van der Waals surface area contributed by atoms with E-state index in [2.05, 4.69) is 6.07 Å². The SMILES string of the molecule is CO.N#CC1C=CCC=C1. The van der Waals surface area contributed by atoms with E-state index in [1.54, 1.807) is 0 Å². The normalized spacial score (nSPS) is 15.3. The Balaban J connectivity index is 0.000000371. The average Bonchev–Trinajstić information content (AvgIpc) is 2.10. The molecule has 0 saturated carbocycles. The second-order valence-corrected chi connectivity index (χ2v) is 1.75. The first kappa shape index (κ1) is 8.93. The van der Waals surface area contributed by atoms with Gasteiger partial charge < -0.3 is 5.11 Å². The molecule has 0 aromatic heterocycles. The van der Waals surface area contributed by atoms with Crippen LogP contribution in [0.3, 0.4) is 0 Å². The van der Waals surface area contributed by atoms with Crippen LogP contribution in [0.4, 0.5) is 0 Å². The van der Waals surface area contributed by atoms with Crippen molar-refractivity contribution in [2.75, 3.05) is 7.11 Å². The zero-order valence-electron chi connectivity index (χ0n) is 5.99. The van der Waals surface area contributed by atoms with Crippen LogP contribution in [0.15, 0.2) is 24.3 Å². The van der Waals surface area contributed by atoms with Crippen LogP contribution in [0, 0.1) is 17.2 Å². The first-order chi connectivity index (χ1) is 4.93. The molecule has 0 heterocycles. The summed E-state index contributed by atoms with van der Waals surface area (Å²) >= 11 is 0. The Morgan fingerprint density at radius 1 is 1.40 bits per heavy atom. The van der Waals surface area contributed by atoms with Crippen molar-refractivity contribution in [1.82, 2.24) is 0 Å². The molecule has 0 spiro atoms. The molecule has 2 heteroatoms. The van der Waals surface area contributed by atoms with Gasteiger partial charge >= 0.3 is 0 Å². The maximum atomic E-state index is 8.34. The highest BCUT2D eigenvalue weighted by Crippen LogP contribution is 2.06. The van der Waals surface area contributed by atoms with Gasteiger partial charge in [0.2, 0.25) is 0 Å². The summed E-state index contributed by atoms with van der Waals surface area (Å²) in [6, 6.07) is 2.13. The molecule has 0 amide bonds. The number of hydrogen-bond acceptors (Lipinski definition) is 2. The van der Waals surface area contributed by atoms with Crippen LogP contribution < -0.4 is 0 Å². The van der Waals surface area contributed by atoms with Gasteiger partial charge in [0.05, 0.1) is 12.0 Å². The molecule has 0 unspecified atom stereocenters. The first-order valence-electron chi connectivity index (χ1n) is 3.11. The van der Waals surface area contributed by atoms with Crippen molar-refractivity contribution in [3.05, 3.63) is 24.3 Å². The van der Waals surface area contributed by atoms with Gasteiger partial charge in [-0.15, -0.1) is 0 Å². The summed E-state index contributed by atoms with van der Waals surface area (Å²) < 4.78 is 0. The third-order valence-electron chi connectivity index (χ3n) is 1.11. The summed E-state index contributed by atoms with van der Waals surface area (Å²) in [5, 5.41) is 15.3. The molecule has 0 saturated heterocycles. The molecule has 10 heavy (non-hydrogen) atoms. The lowest BCUT2D eigenvalue weighted by atomic mass is 10.1. The maximum Gasteiger partial charge on any atom is 0.0824 e. The monoisotopic (exact) mass is 137 g/mol. The van der Waals surface area contributed by atoms with Gasteiger partial charge in [-0.25, -0.2) is 0 Å². The minimum absolute atomic E-state index is 0.0312. The number of aliphatic hydroxyl groups is 1. The molecule has 2 nitrogen and oxygen atoms in total. The number of aliphatic hydroxyl groups excluding tert-OH is 1. The second-order valence-electron chi connectivity index (χ2n) is 1.75. The van der Waals surface area contributed by atoms with E-state index in [-0.39, 0.29) is 5.92 Å². The van der Waals surface area contributed by atoms with E-state index < -0.39 is 0 Å². The van der Waals surface area contributed by atoms with Crippen LogP contribution in [-0.4, -0.2) is 12.2 Å². The predicted molar refractivity (Wildman–Crippen MR) is 40.1 cm³/mol. The third kappa shape index (κ3) is 3.06. The molecule has 54 valence electrons. The molecule has 0 aromatic carbocycles. The van der Waals surface area contributed by atoms with Crippen molar-refractivity contribution < 1.29 is 5.11 Å². The van der Waals surface area contributed by atoms with Gasteiger partial charge in [0.15, 0.2) is 0 Å². The van der Waals surface area contributed by atoms with E-state index in [0.717, 1.165) is 13.5 Å². The van der Waals surface area contributed by atoms with Gasteiger partial charge in [0.25, 0.3) is 0 Å². The van der Waals surface area contributed by atoms with Crippen molar-refractivity contribution >= 4 is 0 Å². The fourth-order valence-electron chi connectivity index (χ4n) is 0.679. The Morgan fingerprint density at radius 3 is 2.20 bits per heavy atom. The summed E-state index contributed by atoms with van der Waals surface area (Å²) in [5.74, 6) is 0.0312. The van der Waals surface area contributed by atoms with Crippen LogP contribution in [0.5, 0.6) is 0 Å². The molecule has 1 aliphatic carbocycles. The number of hydrogen-bond donors (Lipinski definition) is 1. The smallest absolute Gasteiger partial charge is 0.0824 e. The minimum Gasteiger partial charge on any atom is -0.400 e. The van der Waals surface area contributed by atoms with Gasteiger partial charge in [-0.1, -0.05) is 24.3 Å². The van der Waals surface area contributed by atoms with E-state index in [1.807, 2.05) is 24.3 Å². The van der Waals surface area contributed by atoms with E-state index >= 15 is 0 Å². The summed E-state index contributed by atoms with van der Waals surface area (Å²) in [4.78, 5) is 0. The Morgan fingerprint density at radius 2 is 1.90 bits per heavy atom. The van der Waals surface area contributed by atoms with E-state index in [0.29, 0.717) is 0 Å². The van der Waals surface area contributed by atoms with E-state index in [4.69, 9.17) is 10.4 Å². The molecule has 1 N–H and O–H groups in total. The van der Waals surface area contributed by atoms with Crippen molar-refractivity contribution in [1.29, 1.82) is 5.26 Å². The Labute approximate surface area is 61.1 Å². The summed E-state index contributed by atoms with van der Waals surface area (Å²) in [6.45, 7) is 0. The van der Waals surface area contributed by atoms with Crippen molar-refractivity contribution in [2.24, 2.45) is 5.92 Å². The molecule has 1 rings (SSSR count). The molecular weight excluding hydrogens is 126 g/mol. The zero-order valence-corrected chi connectivity index (χ0v) is 5.99. The Kier molecular flexibility index (Phi) is 5.41. The van der Waals surface area contributed by atoms with E-state index in [1.165, 1.54) is 0 Å². The minimum atomic E-state index is 0.0312. The van der Waals surface area contributed by atoms with Gasteiger partial charge in [-0.05, 0) is 6.42 Å². The lowest BCUT2D eigenvalue weighted by molar-refractivity contribution is 0.399. The average molecular weight is 137 g/mol. The highest BCUT2D eigenvalue weighted by atomic mass is 16.2. The standard InChI is InChI=1S/C7H7N.CH4O/c8-6-7-4-2-1-3-5-7;1-2/h2-5,7H,1H2;2H,1H3. The topological polar surface area (TPSA) is 44.0 Å². The molecule has 1 aliphatic rings. The molecule has 0 atom stereocenters. The number of nitriles is 1. The van der Waals surface area contributed by atoms with Gasteiger partial charge in [-0.2, -0.15) is 5.26 Å². The lowest BCUT2D eigenvalue weighted by Gasteiger charge is -1.97. The first-order valence-corrected chi connectivity index (χ1v) is 3.11. The number of nitrogens with zero attached hydrogens (tertiary/aromatic N) is 1. The summed E-state index contributed by atoms with van der Waals surface area (Å²) in [6.07, 6.45) is 8.83. The quantitative estimate of drug-likeness (QED) is 0.511. The molecule has 0 fully saturated rings. The van der Waals surface area contributed by atoms with Gasteiger partial charge in [-0.3, -0.25) is 0 Å². The van der Waals surface area contributed by atoms with Crippen molar-refractivity contribution in [3.63, 3.8) is 0 Å². The fraction of sp³-hybridized carbons (Fsp3) is 0.375. The highest BCUT2D eigenvalue weighted by Gasteiger charge is 1.96. The van der Waals surface area contributed by atoms with Gasteiger partial charge in [0, 0.05) is 7.11 Å². The van der Waals surface area contributed by atoms with Crippen molar-refractivity contribution in [2.45, 2.75) is 6.42 Å². The van der Waals surface area contributed by atoms with Crippen LogP contribution in [0.2, 0.25) is 0 Å². The molecular formula is C8H11NO. The highest BCUT2D eigenvalue weighted by molar-refractivity contribution is 5.16. The van der Waals surface area contributed by atoms with Crippen LogP contribution >= 0.6 is 0 Å². The summed E-state index contributed by atoms with van der Waals surface area (Å²) in [5.41, 5.74) is 0. The third-order valence-corrected chi connectivity index (χ3v) is 1.11. The number of rotatable bonds is 0.